The molecule has 0 amide bonds. The van der Waals surface area contributed by atoms with Gasteiger partial charge in [0.05, 0.1) is 30.6 Å². The van der Waals surface area contributed by atoms with Gasteiger partial charge in [-0.15, -0.1) is 0 Å². The number of pyridine rings is 1. The molecule has 2 heterocycles. The molecule has 8 heteroatoms. The number of carboxylic acid groups (broad SMARTS) is 1. The third kappa shape index (κ3) is 4.14. The van der Waals surface area contributed by atoms with Gasteiger partial charge in [0.15, 0.2) is 5.54 Å². The maximum atomic E-state index is 13.5. The number of carbonyl (C=O) groups is 1. The smallest absolute Gasteiger partial charge is 0.330 e. The van der Waals surface area contributed by atoms with E-state index in [1.807, 2.05) is 19.1 Å². The summed E-state index contributed by atoms with van der Waals surface area (Å²) in [5.74, 6) is -0.849. The van der Waals surface area contributed by atoms with Crippen molar-refractivity contribution in [2.75, 3.05) is 7.11 Å². The molecule has 172 valence electrons. The molecule has 1 aromatic carbocycles. The molecule has 0 radical (unpaired) electrons. The molecule has 8 nitrogen and oxygen atoms in total. The Hall–Kier alpha value is -3.86. The number of benzene rings is 1. The molecule has 0 saturated carbocycles. The first-order valence-corrected chi connectivity index (χ1v) is 10.5. The Kier molecular flexibility index (Phi) is 6.19. The number of aromatic nitrogens is 3. The van der Waals surface area contributed by atoms with Gasteiger partial charge in [-0.25, -0.2) is 4.79 Å². The van der Waals surface area contributed by atoms with Crippen molar-refractivity contribution in [2.24, 2.45) is 12.5 Å². The fraction of sp³-hybridized carbons (Fsp3) is 0.360. The topological polar surface area (TPSA) is 110 Å². The van der Waals surface area contributed by atoms with Crippen LogP contribution in [0.5, 0.6) is 5.75 Å². The van der Waals surface area contributed by atoms with Crippen LogP contribution in [0.4, 0.5) is 0 Å². The first-order valence-electron chi connectivity index (χ1n) is 10.5. The summed E-state index contributed by atoms with van der Waals surface area (Å²) in [6.45, 7) is 7.24. The van der Waals surface area contributed by atoms with Crippen molar-refractivity contribution in [1.29, 1.82) is 5.26 Å². The number of aryl methyl sites for hydroxylation is 2. The number of aliphatic carboxylic acids is 1. The van der Waals surface area contributed by atoms with E-state index in [9.17, 15) is 20.0 Å². The third-order valence-electron chi connectivity index (χ3n) is 6.03. The molecule has 0 fully saturated rings. The maximum Gasteiger partial charge on any atom is 0.330 e. The van der Waals surface area contributed by atoms with Crippen LogP contribution in [0, 0.1) is 23.7 Å². The van der Waals surface area contributed by atoms with Gasteiger partial charge in [0.2, 0.25) is 0 Å². The molecule has 1 atom stereocenters. The zero-order valence-electron chi connectivity index (χ0n) is 19.7. The van der Waals surface area contributed by atoms with Crippen LogP contribution in [0.25, 0.3) is 11.1 Å². The highest BCUT2D eigenvalue weighted by Crippen LogP contribution is 2.41. The van der Waals surface area contributed by atoms with Crippen molar-refractivity contribution in [3.8, 4) is 22.9 Å². The van der Waals surface area contributed by atoms with E-state index in [0.717, 1.165) is 5.56 Å². The van der Waals surface area contributed by atoms with Gasteiger partial charge < -0.3 is 9.84 Å². The Morgan fingerprint density at radius 2 is 1.91 bits per heavy atom. The Labute approximate surface area is 192 Å². The van der Waals surface area contributed by atoms with E-state index in [0.29, 0.717) is 28.1 Å². The minimum Gasteiger partial charge on any atom is -0.495 e. The van der Waals surface area contributed by atoms with E-state index in [1.54, 1.807) is 50.8 Å². The van der Waals surface area contributed by atoms with Gasteiger partial charge in [-0.2, -0.15) is 10.4 Å². The second-order valence-corrected chi connectivity index (χ2v) is 9.20. The van der Waals surface area contributed by atoms with E-state index in [-0.39, 0.29) is 6.42 Å². The van der Waals surface area contributed by atoms with Gasteiger partial charge in [-0.05, 0) is 30.5 Å². The standard InChI is InChI=1S/C25H28N4O4/c1-16-7-8-17(14-26)19(11-16)20-12-22(30)29(15-21(20)33-6)25(23(31)32,24(2,3)4)13-18-9-10-28(5)27-18/h7-12,15H,13H2,1-6H3,(H,31,32). The molecule has 0 saturated heterocycles. The lowest BCUT2D eigenvalue weighted by Gasteiger charge is -2.42. The van der Waals surface area contributed by atoms with E-state index < -0.39 is 22.5 Å². The minimum atomic E-state index is -1.64. The second-order valence-electron chi connectivity index (χ2n) is 9.20. The fourth-order valence-corrected chi connectivity index (χ4v) is 4.20. The van der Waals surface area contributed by atoms with Crippen molar-refractivity contribution in [2.45, 2.75) is 39.7 Å². The number of nitriles is 1. The van der Waals surface area contributed by atoms with Gasteiger partial charge in [0, 0.05) is 36.9 Å². The van der Waals surface area contributed by atoms with Crippen molar-refractivity contribution in [3.05, 3.63) is 69.9 Å². The van der Waals surface area contributed by atoms with E-state index in [2.05, 4.69) is 11.2 Å². The lowest BCUT2D eigenvalue weighted by atomic mass is 9.70. The number of methoxy groups -OCH3 is 1. The zero-order chi connectivity index (χ0) is 24.6. The van der Waals surface area contributed by atoms with Crippen LogP contribution >= 0.6 is 0 Å². The molecule has 0 aliphatic rings. The number of rotatable bonds is 6. The number of hydrogen-bond donors (Lipinski definition) is 1. The monoisotopic (exact) mass is 448 g/mol. The van der Waals surface area contributed by atoms with Crippen molar-refractivity contribution in [3.63, 3.8) is 0 Å². The highest BCUT2D eigenvalue weighted by atomic mass is 16.5. The normalized spacial score (nSPS) is 13.2. The molecule has 0 bridgehead atoms. The molecule has 1 N–H and O–H groups in total. The summed E-state index contributed by atoms with van der Waals surface area (Å²) >= 11 is 0. The summed E-state index contributed by atoms with van der Waals surface area (Å²) in [6, 6.07) is 10.5. The predicted molar refractivity (Wildman–Crippen MR) is 124 cm³/mol. The van der Waals surface area contributed by atoms with E-state index in [4.69, 9.17) is 4.74 Å². The van der Waals surface area contributed by atoms with Crippen LogP contribution in [0.1, 0.15) is 37.6 Å². The molecular formula is C25H28N4O4. The molecular weight excluding hydrogens is 420 g/mol. The quantitative estimate of drug-likeness (QED) is 0.618. The summed E-state index contributed by atoms with van der Waals surface area (Å²) in [7, 11) is 3.20. The molecule has 3 aromatic rings. The fourth-order valence-electron chi connectivity index (χ4n) is 4.20. The summed E-state index contributed by atoms with van der Waals surface area (Å²) in [6.07, 6.45) is 3.17. The van der Waals surface area contributed by atoms with Crippen LogP contribution < -0.4 is 10.3 Å². The average molecular weight is 449 g/mol. The molecule has 1 unspecified atom stereocenters. The van der Waals surface area contributed by atoms with Gasteiger partial charge in [-0.1, -0.05) is 32.4 Å². The minimum absolute atomic E-state index is 0.00295. The number of carboxylic acids is 1. The Morgan fingerprint density at radius 3 is 2.42 bits per heavy atom. The van der Waals surface area contributed by atoms with Gasteiger partial charge in [-0.3, -0.25) is 14.0 Å². The summed E-state index contributed by atoms with van der Waals surface area (Å²) < 4.78 is 8.42. The first-order chi connectivity index (χ1) is 15.4. The SMILES string of the molecule is COc1cn(C(Cc2ccn(C)n2)(C(=O)O)C(C)(C)C)c(=O)cc1-c1cc(C)ccc1C#N. The van der Waals surface area contributed by atoms with Crippen LogP contribution in [0.3, 0.4) is 0 Å². The predicted octanol–water partition coefficient (Wildman–Crippen LogP) is 3.51. The maximum absolute atomic E-state index is 13.5. The first kappa shape index (κ1) is 23.8. The summed E-state index contributed by atoms with van der Waals surface area (Å²) in [5.41, 5.74) is -0.169. The van der Waals surface area contributed by atoms with Gasteiger partial charge in [0.1, 0.15) is 5.75 Å². The number of ether oxygens (including phenoxy) is 1. The van der Waals surface area contributed by atoms with Crippen LogP contribution in [-0.4, -0.2) is 32.5 Å². The lowest BCUT2D eigenvalue weighted by molar-refractivity contribution is -0.154. The van der Waals surface area contributed by atoms with Crippen LogP contribution in [0.15, 0.2) is 47.5 Å². The summed E-state index contributed by atoms with van der Waals surface area (Å²) in [4.78, 5) is 26.3. The third-order valence-corrected chi connectivity index (χ3v) is 6.03. The van der Waals surface area contributed by atoms with Crippen molar-refractivity contribution >= 4 is 5.97 Å². The van der Waals surface area contributed by atoms with Gasteiger partial charge >= 0.3 is 5.97 Å². The average Bonchev–Trinajstić information content (AvgIpc) is 3.15. The lowest BCUT2D eigenvalue weighted by Crippen LogP contribution is -2.57. The Bertz CT molecular complexity index is 1310. The molecule has 2 aromatic heterocycles. The Morgan fingerprint density at radius 1 is 1.21 bits per heavy atom. The Balaban J connectivity index is 2.33. The largest absolute Gasteiger partial charge is 0.495 e. The second kappa shape index (κ2) is 8.58. The number of hydrogen-bond acceptors (Lipinski definition) is 5. The molecule has 0 spiro atoms. The van der Waals surface area contributed by atoms with E-state index >= 15 is 0 Å². The highest BCUT2D eigenvalue weighted by molar-refractivity contribution is 5.80. The highest BCUT2D eigenvalue weighted by Gasteiger charge is 2.52. The van der Waals surface area contributed by atoms with Gasteiger partial charge in [0.25, 0.3) is 5.56 Å². The molecule has 33 heavy (non-hydrogen) atoms. The van der Waals surface area contributed by atoms with Crippen LogP contribution in [0.2, 0.25) is 0 Å². The van der Waals surface area contributed by atoms with Crippen LogP contribution in [-0.2, 0) is 23.8 Å². The van der Waals surface area contributed by atoms with Crippen molar-refractivity contribution < 1.29 is 14.6 Å². The van der Waals surface area contributed by atoms with Crippen molar-refractivity contribution in [1.82, 2.24) is 14.3 Å². The molecule has 0 aliphatic carbocycles. The number of nitrogens with zero attached hydrogens (tertiary/aromatic N) is 4. The zero-order valence-corrected chi connectivity index (χ0v) is 19.7. The molecule has 0 aliphatic heterocycles. The van der Waals surface area contributed by atoms with E-state index in [1.165, 1.54) is 23.9 Å². The summed E-state index contributed by atoms with van der Waals surface area (Å²) in [5, 5.41) is 24.4. The molecule has 3 rings (SSSR count).